The van der Waals surface area contributed by atoms with E-state index in [0.717, 1.165) is 0 Å². The third kappa shape index (κ3) is 2.86. The highest BCUT2D eigenvalue weighted by Crippen LogP contribution is 2.37. The second-order valence-electron chi connectivity index (χ2n) is 7.32. The predicted octanol–water partition coefficient (Wildman–Crippen LogP) is 5.11. The molecule has 3 rings (SSSR count). The zero-order valence-corrected chi connectivity index (χ0v) is 15.5. The summed E-state index contributed by atoms with van der Waals surface area (Å²) in [5.41, 5.74) is 2.69. The van der Waals surface area contributed by atoms with Crippen molar-refractivity contribution in [3.05, 3.63) is 66.2 Å². The second kappa shape index (κ2) is 6.80. The second-order valence-corrected chi connectivity index (χ2v) is 7.32. The summed E-state index contributed by atoms with van der Waals surface area (Å²) in [4.78, 5) is 2.54. The van der Waals surface area contributed by atoms with Gasteiger partial charge in [0.2, 0.25) is 0 Å². The molecule has 2 nitrogen and oxygen atoms in total. The maximum absolute atomic E-state index is 2.62. The van der Waals surface area contributed by atoms with E-state index in [1.165, 1.54) is 17.1 Å². The van der Waals surface area contributed by atoms with Crippen LogP contribution in [0.1, 0.15) is 46.2 Å². The average Bonchev–Trinajstić information content (AvgIpc) is 2.90. The monoisotopic (exact) mass is 321 g/mol. The lowest BCUT2D eigenvalue weighted by Gasteiger charge is -2.21. The summed E-state index contributed by atoms with van der Waals surface area (Å²) >= 11 is 0. The molecule has 0 radical (unpaired) electrons. The van der Waals surface area contributed by atoms with Crippen molar-refractivity contribution >= 4 is 11.5 Å². The fourth-order valence-corrected chi connectivity index (χ4v) is 4.06. The van der Waals surface area contributed by atoms with Crippen LogP contribution < -0.4 is 4.90 Å². The molecule has 0 bridgehead atoms. The van der Waals surface area contributed by atoms with Crippen molar-refractivity contribution < 1.29 is 4.58 Å². The molecule has 0 saturated heterocycles. The molecule has 2 aromatic carbocycles. The summed E-state index contributed by atoms with van der Waals surface area (Å²) in [5, 5.41) is 0. The van der Waals surface area contributed by atoms with Gasteiger partial charge in [0.1, 0.15) is 11.7 Å². The summed E-state index contributed by atoms with van der Waals surface area (Å²) in [6, 6.07) is 23.0. The first-order valence-electron chi connectivity index (χ1n) is 9.06. The Morgan fingerprint density at radius 1 is 0.833 bits per heavy atom. The van der Waals surface area contributed by atoms with Crippen LogP contribution in [0.4, 0.5) is 5.69 Å². The van der Waals surface area contributed by atoms with Crippen molar-refractivity contribution in [2.75, 3.05) is 4.90 Å². The van der Waals surface area contributed by atoms with Gasteiger partial charge in [-0.15, -0.1) is 0 Å². The van der Waals surface area contributed by atoms with E-state index >= 15 is 0 Å². The third-order valence-corrected chi connectivity index (χ3v) is 4.92. The van der Waals surface area contributed by atoms with Crippen molar-refractivity contribution in [3.63, 3.8) is 0 Å². The Balaban J connectivity index is 2.18. The SMILES string of the molecule is CC(C)C1=[N+](C(C)C)[C@@H](c2ccccc2)[C@@H](C)N1c1ccccc1. The van der Waals surface area contributed by atoms with Crippen LogP contribution >= 0.6 is 0 Å². The minimum absolute atomic E-state index is 0.379. The molecule has 2 heteroatoms. The van der Waals surface area contributed by atoms with Crippen molar-refractivity contribution in [1.82, 2.24) is 0 Å². The number of hydrogen-bond donors (Lipinski definition) is 0. The van der Waals surface area contributed by atoms with Crippen molar-refractivity contribution in [2.24, 2.45) is 5.92 Å². The lowest BCUT2D eigenvalue weighted by molar-refractivity contribution is -0.596. The van der Waals surface area contributed by atoms with Crippen molar-refractivity contribution in [3.8, 4) is 0 Å². The normalized spacial score (nSPS) is 21.2. The van der Waals surface area contributed by atoms with Gasteiger partial charge in [-0.3, -0.25) is 4.58 Å². The van der Waals surface area contributed by atoms with Gasteiger partial charge in [0, 0.05) is 5.56 Å². The maximum atomic E-state index is 2.62. The van der Waals surface area contributed by atoms with Gasteiger partial charge < -0.3 is 0 Å². The van der Waals surface area contributed by atoms with Gasteiger partial charge in [0.05, 0.1) is 12.0 Å². The highest BCUT2D eigenvalue weighted by atomic mass is 15.4. The fourth-order valence-electron chi connectivity index (χ4n) is 4.06. The van der Waals surface area contributed by atoms with Crippen LogP contribution in [0.3, 0.4) is 0 Å². The average molecular weight is 321 g/mol. The lowest BCUT2D eigenvalue weighted by atomic mass is 9.99. The predicted molar refractivity (Wildman–Crippen MR) is 103 cm³/mol. The van der Waals surface area contributed by atoms with Crippen LogP contribution in [-0.2, 0) is 0 Å². The quantitative estimate of drug-likeness (QED) is 0.709. The summed E-state index contributed by atoms with van der Waals surface area (Å²) in [5.74, 6) is 1.90. The fraction of sp³-hybridized carbons (Fsp3) is 0.409. The first-order chi connectivity index (χ1) is 11.5. The molecule has 0 N–H and O–H groups in total. The molecule has 1 heterocycles. The molecule has 2 aromatic rings. The minimum Gasteiger partial charge on any atom is -0.252 e. The summed E-state index contributed by atoms with van der Waals surface area (Å²) < 4.78 is 2.62. The molecule has 24 heavy (non-hydrogen) atoms. The van der Waals surface area contributed by atoms with Gasteiger partial charge in [0.25, 0.3) is 5.84 Å². The maximum Gasteiger partial charge on any atom is 0.255 e. The highest BCUT2D eigenvalue weighted by molar-refractivity contribution is 5.97. The lowest BCUT2D eigenvalue weighted by Crippen LogP contribution is -2.38. The number of anilines is 1. The molecule has 0 saturated carbocycles. The van der Waals surface area contributed by atoms with E-state index in [0.29, 0.717) is 24.0 Å². The van der Waals surface area contributed by atoms with E-state index in [-0.39, 0.29) is 0 Å². The van der Waals surface area contributed by atoms with Crippen molar-refractivity contribution in [2.45, 2.75) is 52.7 Å². The first kappa shape index (κ1) is 16.8. The summed E-state index contributed by atoms with van der Waals surface area (Å²) in [7, 11) is 0. The zero-order chi connectivity index (χ0) is 17.3. The summed E-state index contributed by atoms with van der Waals surface area (Å²) in [6.45, 7) is 11.6. The Morgan fingerprint density at radius 2 is 1.38 bits per heavy atom. The van der Waals surface area contributed by atoms with Gasteiger partial charge in [-0.2, -0.15) is 0 Å². The van der Waals surface area contributed by atoms with E-state index in [4.69, 9.17) is 0 Å². The van der Waals surface area contributed by atoms with E-state index < -0.39 is 0 Å². The Hall–Kier alpha value is -2.09. The third-order valence-electron chi connectivity index (χ3n) is 4.92. The molecular formula is C22H29N2+. The zero-order valence-electron chi connectivity index (χ0n) is 15.5. The Morgan fingerprint density at radius 3 is 1.88 bits per heavy atom. The highest BCUT2D eigenvalue weighted by Gasteiger charge is 2.48. The van der Waals surface area contributed by atoms with Crippen molar-refractivity contribution in [1.29, 1.82) is 0 Å². The van der Waals surface area contributed by atoms with Gasteiger partial charge >= 0.3 is 0 Å². The molecule has 0 unspecified atom stereocenters. The number of amidine groups is 1. The Labute approximate surface area is 146 Å². The number of para-hydroxylation sites is 1. The minimum atomic E-state index is 0.379. The molecule has 0 aliphatic carbocycles. The van der Waals surface area contributed by atoms with Crippen LogP contribution in [0.5, 0.6) is 0 Å². The van der Waals surface area contributed by atoms with Crippen LogP contribution in [0, 0.1) is 5.92 Å². The molecule has 0 fully saturated rings. The van der Waals surface area contributed by atoms with E-state index in [9.17, 15) is 0 Å². The van der Waals surface area contributed by atoms with Gasteiger partial charge in [-0.1, -0.05) is 62.4 Å². The molecule has 2 atom stereocenters. The number of benzene rings is 2. The first-order valence-corrected chi connectivity index (χ1v) is 9.06. The van der Waals surface area contributed by atoms with Crippen LogP contribution in [0.2, 0.25) is 0 Å². The van der Waals surface area contributed by atoms with E-state index in [2.05, 4.69) is 105 Å². The van der Waals surface area contributed by atoms with Gasteiger partial charge in [-0.05, 0) is 32.9 Å². The number of hydrogen-bond acceptors (Lipinski definition) is 1. The molecular weight excluding hydrogens is 292 g/mol. The molecule has 126 valence electrons. The molecule has 0 amide bonds. The molecule has 0 aromatic heterocycles. The summed E-state index contributed by atoms with van der Waals surface area (Å²) in [6.07, 6.45) is 0. The van der Waals surface area contributed by atoms with Crippen LogP contribution in [0.15, 0.2) is 60.7 Å². The molecule has 1 aliphatic heterocycles. The number of nitrogens with zero attached hydrogens (tertiary/aromatic N) is 2. The number of rotatable bonds is 4. The van der Waals surface area contributed by atoms with E-state index in [1.54, 1.807) is 0 Å². The molecule has 0 spiro atoms. The topological polar surface area (TPSA) is 6.25 Å². The largest absolute Gasteiger partial charge is 0.255 e. The van der Waals surface area contributed by atoms with Gasteiger partial charge in [0.15, 0.2) is 6.04 Å². The standard InChI is InChI=1S/C22H29N2/c1-16(2)22-23(17(3)4)21(19-12-8-6-9-13-19)18(5)24(22)20-14-10-7-11-15-20/h6-18,21H,1-5H3/q+1/t18-,21-/m1/s1. The Kier molecular flexibility index (Phi) is 4.75. The van der Waals surface area contributed by atoms with Crippen LogP contribution in [0.25, 0.3) is 0 Å². The molecule has 1 aliphatic rings. The van der Waals surface area contributed by atoms with E-state index in [1.807, 2.05) is 0 Å². The smallest absolute Gasteiger partial charge is 0.252 e. The van der Waals surface area contributed by atoms with Gasteiger partial charge in [-0.25, -0.2) is 4.90 Å². The van der Waals surface area contributed by atoms with Crippen LogP contribution in [-0.4, -0.2) is 22.5 Å². The Bertz CT molecular complexity index is 640.